The molecular weight excluding hydrogens is 266 g/mol. The van der Waals surface area contributed by atoms with Crippen LogP contribution in [-0.4, -0.2) is 20.1 Å². The number of thiophene rings is 1. The smallest absolute Gasteiger partial charge is 0.108 e. The lowest BCUT2D eigenvalue weighted by atomic mass is 10.3. The van der Waals surface area contributed by atoms with Gasteiger partial charge in [-0.05, 0) is 32.9 Å². The summed E-state index contributed by atoms with van der Waals surface area (Å²) in [5.74, 6) is 0. The van der Waals surface area contributed by atoms with Gasteiger partial charge in [0.1, 0.15) is 5.69 Å². The minimum atomic E-state index is -0.0622. The van der Waals surface area contributed by atoms with Gasteiger partial charge in [0.05, 0.1) is 23.1 Å². The van der Waals surface area contributed by atoms with Crippen LogP contribution in [0.25, 0.3) is 0 Å². The molecule has 6 heteroatoms. The van der Waals surface area contributed by atoms with Gasteiger partial charge in [0.2, 0.25) is 0 Å². The molecule has 0 bridgehead atoms. The van der Waals surface area contributed by atoms with E-state index in [1.807, 2.05) is 6.07 Å². The molecule has 74 valence electrons. The second kappa shape index (κ2) is 4.20. The Labute approximate surface area is 93.3 Å². The van der Waals surface area contributed by atoms with E-state index in [2.05, 4.69) is 31.6 Å². The standard InChI is InChI=1S/C8H8BrN3OS/c9-8-1-6(5-14-8)2-12-3-7(4-13)10-11-12/h1,3,5,13H,2,4H2. The highest BCUT2D eigenvalue weighted by Crippen LogP contribution is 2.21. The SMILES string of the molecule is OCc1cn(Cc2csc(Br)c2)nn1. The topological polar surface area (TPSA) is 50.9 Å². The molecule has 0 amide bonds. The van der Waals surface area contributed by atoms with Crippen molar-refractivity contribution in [3.63, 3.8) is 0 Å². The molecule has 4 nitrogen and oxygen atoms in total. The molecular formula is C8H8BrN3OS. The fourth-order valence-electron chi connectivity index (χ4n) is 1.10. The normalized spacial score (nSPS) is 10.7. The Balaban J connectivity index is 2.10. The van der Waals surface area contributed by atoms with Gasteiger partial charge in [-0.1, -0.05) is 5.21 Å². The molecule has 2 aromatic rings. The second-order valence-electron chi connectivity index (χ2n) is 2.82. The third-order valence-corrected chi connectivity index (χ3v) is 3.27. The van der Waals surface area contributed by atoms with E-state index in [1.165, 1.54) is 5.56 Å². The summed E-state index contributed by atoms with van der Waals surface area (Å²) in [5, 5.41) is 18.5. The zero-order valence-corrected chi connectivity index (χ0v) is 9.62. The van der Waals surface area contributed by atoms with Gasteiger partial charge < -0.3 is 5.11 Å². The first-order chi connectivity index (χ1) is 6.78. The van der Waals surface area contributed by atoms with E-state index in [1.54, 1.807) is 22.2 Å². The number of nitrogens with zero attached hydrogens (tertiary/aromatic N) is 3. The van der Waals surface area contributed by atoms with E-state index >= 15 is 0 Å². The van der Waals surface area contributed by atoms with Gasteiger partial charge in [0, 0.05) is 0 Å². The molecule has 2 heterocycles. The molecule has 0 saturated carbocycles. The van der Waals surface area contributed by atoms with Crippen molar-refractivity contribution in [2.24, 2.45) is 0 Å². The molecule has 0 aliphatic rings. The van der Waals surface area contributed by atoms with Crippen LogP contribution in [0.3, 0.4) is 0 Å². The second-order valence-corrected chi connectivity index (χ2v) is 5.12. The van der Waals surface area contributed by atoms with E-state index in [9.17, 15) is 0 Å². The molecule has 0 unspecified atom stereocenters. The fourth-order valence-corrected chi connectivity index (χ4v) is 2.30. The van der Waals surface area contributed by atoms with Gasteiger partial charge in [-0.25, -0.2) is 4.68 Å². The van der Waals surface area contributed by atoms with Crippen LogP contribution in [0, 0.1) is 0 Å². The van der Waals surface area contributed by atoms with Crippen molar-refractivity contribution in [3.05, 3.63) is 32.7 Å². The molecule has 0 fully saturated rings. The number of aliphatic hydroxyl groups is 1. The van der Waals surface area contributed by atoms with Gasteiger partial charge in [0.15, 0.2) is 0 Å². The number of rotatable bonds is 3. The van der Waals surface area contributed by atoms with Gasteiger partial charge in [-0.15, -0.1) is 16.4 Å². The number of aromatic nitrogens is 3. The summed E-state index contributed by atoms with van der Waals surface area (Å²) in [6.45, 7) is 0.627. The maximum absolute atomic E-state index is 8.80. The van der Waals surface area contributed by atoms with Gasteiger partial charge in [0.25, 0.3) is 0 Å². The Hall–Kier alpha value is -0.720. The summed E-state index contributed by atoms with van der Waals surface area (Å²) < 4.78 is 2.81. The van der Waals surface area contributed by atoms with Crippen molar-refractivity contribution >= 4 is 27.3 Å². The predicted octanol–water partition coefficient (Wildman–Crippen LogP) is 1.64. The predicted molar refractivity (Wildman–Crippen MR) is 57.1 cm³/mol. The number of halogens is 1. The molecule has 0 saturated heterocycles. The third kappa shape index (κ3) is 2.20. The first-order valence-electron chi connectivity index (χ1n) is 4.00. The van der Waals surface area contributed by atoms with E-state index in [0.29, 0.717) is 12.2 Å². The van der Waals surface area contributed by atoms with Crippen molar-refractivity contribution in [1.82, 2.24) is 15.0 Å². The average Bonchev–Trinajstić information content (AvgIpc) is 2.76. The molecule has 0 atom stereocenters. The maximum atomic E-state index is 8.80. The first kappa shape index (κ1) is 9.82. The molecule has 1 N–H and O–H groups in total. The first-order valence-corrected chi connectivity index (χ1v) is 5.68. The number of hydrogen-bond acceptors (Lipinski definition) is 4. The lowest BCUT2D eigenvalue weighted by Crippen LogP contribution is -1.98. The van der Waals surface area contributed by atoms with Crippen LogP contribution < -0.4 is 0 Å². The van der Waals surface area contributed by atoms with Crippen molar-refractivity contribution in [1.29, 1.82) is 0 Å². The van der Waals surface area contributed by atoms with Crippen molar-refractivity contribution < 1.29 is 5.11 Å². The monoisotopic (exact) mass is 273 g/mol. The zero-order valence-electron chi connectivity index (χ0n) is 7.22. The Kier molecular flexibility index (Phi) is 2.95. The van der Waals surface area contributed by atoms with Crippen LogP contribution in [0.2, 0.25) is 0 Å². The molecule has 14 heavy (non-hydrogen) atoms. The van der Waals surface area contributed by atoms with Crippen LogP contribution in [0.15, 0.2) is 21.4 Å². The quantitative estimate of drug-likeness (QED) is 0.925. The van der Waals surface area contributed by atoms with E-state index in [4.69, 9.17) is 5.11 Å². The Bertz CT molecular complexity index is 426. The van der Waals surface area contributed by atoms with E-state index < -0.39 is 0 Å². The zero-order chi connectivity index (χ0) is 9.97. The van der Waals surface area contributed by atoms with Crippen LogP contribution in [0.1, 0.15) is 11.3 Å². The highest BCUT2D eigenvalue weighted by molar-refractivity contribution is 9.11. The molecule has 2 rings (SSSR count). The van der Waals surface area contributed by atoms with Crippen molar-refractivity contribution in [3.8, 4) is 0 Å². The van der Waals surface area contributed by atoms with Gasteiger partial charge in [-0.2, -0.15) is 0 Å². The largest absolute Gasteiger partial charge is 0.390 e. The number of hydrogen-bond donors (Lipinski definition) is 1. The number of aliphatic hydroxyl groups excluding tert-OH is 1. The minimum Gasteiger partial charge on any atom is -0.390 e. The highest BCUT2D eigenvalue weighted by atomic mass is 79.9. The van der Waals surface area contributed by atoms with Crippen LogP contribution in [-0.2, 0) is 13.2 Å². The lowest BCUT2D eigenvalue weighted by Gasteiger charge is -1.94. The highest BCUT2D eigenvalue weighted by Gasteiger charge is 2.01. The van der Waals surface area contributed by atoms with Crippen molar-refractivity contribution in [2.45, 2.75) is 13.2 Å². The minimum absolute atomic E-state index is 0.0622. The molecule has 0 spiro atoms. The third-order valence-electron chi connectivity index (χ3n) is 1.71. The van der Waals surface area contributed by atoms with E-state index in [-0.39, 0.29) is 6.61 Å². The molecule has 0 aromatic carbocycles. The summed E-state index contributed by atoms with van der Waals surface area (Å²) in [4.78, 5) is 0. The van der Waals surface area contributed by atoms with Gasteiger partial charge in [-0.3, -0.25) is 0 Å². The Morgan fingerprint density at radius 2 is 2.43 bits per heavy atom. The van der Waals surface area contributed by atoms with Crippen LogP contribution >= 0.6 is 27.3 Å². The molecule has 0 aliphatic heterocycles. The summed E-state index contributed by atoms with van der Waals surface area (Å²) in [7, 11) is 0. The molecule has 2 aromatic heterocycles. The maximum Gasteiger partial charge on any atom is 0.108 e. The summed E-state index contributed by atoms with van der Waals surface area (Å²) in [5.41, 5.74) is 1.77. The lowest BCUT2D eigenvalue weighted by molar-refractivity contribution is 0.276. The van der Waals surface area contributed by atoms with Gasteiger partial charge >= 0.3 is 0 Å². The van der Waals surface area contributed by atoms with E-state index in [0.717, 1.165) is 3.79 Å². The molecule has 0 radical (unpaired) electrons. The van der Waals surface area contributed by atoms with Crippen molar-refractivity contribution in [2.75, 3.05) is 0 Å². The molecule has 0 aliphatic carbocycles. The van der Waals surface area contributed by atoms with Crippen LogP contribution in [0.5, 0.6) is 0 Å². The Morgan fingerprint density at radius 3 is 3.00 bits per heavy atom. The summed E-state index contributed by atoms with van der Waals surface area (Å²) in [6.07, 6.45) is 1.74. The summed E-state index contributed by atoms with van der Waals surface area (Å²) >= 11 is 5.04. The van der Waals surface area contributed by atoms with Crippen LogP contribution in [0.4, 0.5) is 0 Å². The summed E-state index contributed by atoms with van der Waals surface area (Å²) in [6, 6.07) is 2.05. The average molecular weight is 274 g/mol. The Morgan fingerprint density at radius 1 is 1.57 bits per heavy atom. The fraction of sp³-hybridized carbons (Fsp3) is 0.250.